The largest absolute Gasteiger partial charge is 0.481 e. The summed E-state index contributed by atoms with van der Waals surface area (Å²) in [5.74, 6) is 1.34. The number of carbonyl (C=O) groups excluding carboxylic acids is 1. The summed E-state index contributed by atoms with van der Waals surface area (Å²) < 4.78 is 5.08. The summed E-state index contributed by atoms with van der Waals surface area (Å²) in [5, 5.41) is 2.75. The minimum atomic E-state index is -0.171. The molecule has 1 amide bonds. The first-order chi connectivity index (χ1) is 11.5. The Morgan fingerprint density at radius 3 is 2.79 bits per heavy atom. The predicted molar refractivity (Wildman–Crippen MR) is 93.0 cm³/mol. The van der Waals surface area contributed by atoms with E-state index in [1.165, 1.54) is 0 Å². The smallest absolute Gasteiger partial charge is 0.212 e. The molecule has 3 aromatic rings. The van der Waals surface area contributed by atoms with Crippen LogP contribution in [0.4, 0.5) is 0 Å². The molecule has 0 unspecified atom stereocenters. The molecule has 2 heterocycles. The van der Waals surface area contributed by atoms with Crippen molar-refractivity contribution in [2.24, 2.45) is 0 Å². The van der Waals surface area contributed by atoms with Gasteiger partial charge < -0.3 is 15.0 Å². The normalized spacial score (nSPS) is 11.5. The Balaban J connectivity index is 1.94. The molecule has 0 fully saturated rings. The molecule has 0 atom stereocenters. The highest BCUT2D eigenvalue weighted by Crippen LogP contribution is 2.27. The molecule has 124 valence electrons. The Morgan fingerprint density at radius 2 is 2.12 bits per heavy atom. The van der Waals surface area contributed by atoms with Gasteiger partial charge in [-0.25, -0.2) is 9.97 Å². The first kappa shape index (κ1) is 16.0. The molecule has 0 aliphatic carbocycles. The molecule has 6 nitrogen and oxygen atoms in total. The molecule has 6 heteroatoms. The monoisotopic (exact) mass is 324 g/mol. The van der Waals surface area contributed by atoms with Crippen molar-refractivity contribution in [2.75, 3.05) is 13.7 Å². The number of hydrogen-bond donors (Lipinski definition) is 2. The molecule has 0 saturated carbocycles. The number of methoxy groups -OCH3 is 1. The van der Waals surface area contributed by atoms with E-state index >= 15 is 0 Å². The van der Waals surface area contributed by atoms with Gasteiger partial charge in [-0.05, 0) is 23.8 Å². The Labute approximate surface area is 140 Å². The topological polar surface area (TPSA) is 79.9 Å². The van der Waals surface area contributed by atoms with Gasteiger partial charge in [-0.1, -0.05) is 19.9 Å². The molecule has 0 aliphatic heterocycles. The number of aromatic nitrogens is 3. The number of imidazole rings is 1. The maximum absolute atomic E-state index is 10.6. The number of benzene rings is 1. The van der Waals surface area contributed by atoms with Gasteiger partial charge in [0.25, 0.3) is 0 Å². The summed E-state index contributed by atoms with van der Waals surface area (Å²) in [6.07, 6.45) is 2.46. The van der Waals surface area contributed by atoms with Crippen molar-refractivity contribution < 1.29 is 9.53 Å². The van der Waals surface area contributed by atoms with E-state index in [1.54, 1.807) is 13.3 Å². The van der Waals surface area contributed by atoms with Crippen molar-refractivity contribution >= 4 is 17.4 Å². The minimum absolute atomic E-state index is 0.171. The predicted octanol–water partition coefficient (Wildman–Crippen LogP) is 2.66. The number of pyridine rings is 1. The van der Waals surface area contributed by atoms with Gasteiger partial charge in [0, 0.05) is 29.8 Å². The summed E-state index contributed by atoms with van der Waals surface area (Å²) in [4.78, 5) is 22.7. The molecule has 0 aliphatic rings. The second-order valence-corrected chi connectivity index (χ2v) is 6.29. The number of fused-ring (bicyclic) bond motifs is 1. The maximum atomic E-state index is 10.6. The number of ether oxygens (including phenoxy) is 1. The lowest BCUT2D eigenvalue weighted by Crippen LogP contribution is -2.32. The molecule has 2 aromatic heterocycles. The van der Waals surface area contributed by atoms with Gasteiger partial charge in [0.05, 0.1) is 18.1 Å². The molecule has 0 bridgehead atoms. The number of amides is 1. The van der Waals surface area contributed by atoms with E-state index in [0.29, 0.717) is 12.4 Å². The van der Waals surface area contributed by atoms with Crippen LogP contribution in [-0.2, 0) is 10.2 Å². The fourth-order valence-corrected chi connectivity index (χ4v) is 2.60. The van der Waals surface area contributed by atoms with Crippen LogP contribution in [0.15, 0.2) is 36.5 Å². The quantitative estimate of drug-likeness (QED) is 0.683. The van der Waals surface area contributed by atoms with Gasteiger partial charge >= 0.3 is 0 Å². The molecule has 3 rings (SSSR count). The number of H-pyrrole nitrogens is 1. The van der Waals surface area contributed by atoms with Crippen LogP contribution in [0.1, 0.15) is 19.4 Å². The molecule has 2 N–H and O–H groups in total. The lowest BCUT2D eigenvalue weighted by molar-refractivity contribution is -0.109. The van der Waals surface area contributed by atoms with E-state index in [9.17, 15) is 4.79 Å². The Hall–Kier alpha value is -2.89. The lowest BCUT2D eigenvalue weighted by Gasteiger charge is -2.24. The third-order valence-corrected chi connectivity index (χ3v) is 4.11. The fraction of sp³-hybridized carbons (Fsp3) is 0.278. The molecular formula is C18H20N4O2. The minimum Gasteiger partial charge on any atom is -0.481 e. The summed E-state index contributed by atoms with van der Waals surface area (Å²) in [5.41, 5.74) is 3.70. The first-order valence-electron chi connectivity index (χ1n) is 7.71. The number of aromatic amines is 1. The Morgan fingerprint density at radius 1 is 1.29 bits per heavy atom. The number of hydrogen-bond acceptors (Lipinski definition) is 4. The third-order valence-electron chi connectivity index (χ3n) is 4.11. The highest BCUT2D eigenvalue weighted by Gasteiger charge is 2.21. The second kappa shape index (κ2) is 6.31. The fourth-order valence-electron chi connectivity index (χ4n) is 2.60. The van der Waals surface area contributed by atoms with Crippen LogP contribution in [0.2, 0.25) is 0 Å². The van der Waals surface area contributed by atoms with Crippen molar-refractivity contribution in [3.63, 3.8) is 0 Å². The van der Waals surface area contributed by atoms with Crippen LogP contribution in [-0.4, -0.2) is 35.0 Å². The number of rotatable bonds is 6. The van der Waals surface area contributed by atoms with Gasteiger partial charge in [0.15, 0.2) is 0 Å². The molecule has 0 spiro atoms. The third kappa shape index (κ3) is 3.08. The van der Waals surface area contributed by atoms with Crippen molar-refractivity contribution in [3.05, 3.63) is 42.1 Å². The van der Waals surface area contributed by atoms with E-state index < -0.39 is 0 Å². The number of carbonyl (C=O) groups is 1. The van der Waals surface area contributed by atoms with Crippen molar-refractivity contribution in [1.29, 1.82) is 0 Å². The highest BCUT2D eigenvalue weighted by molar-refractivity contribution is 5.80. The van der Waals surface area contributed by atoms with Crippen LogP contribution in [0, 0.1) is 0 Å². The highest BCUT2D eigenvalue weighted by atomic mass is 16.5. The van der Waals surface area contributed by atoms with Gasteiger partial charge in [0.2, 0.25) is 12.3 Å². The van der Waals surface area contributed by atoms with E-state index in [4.69, 9.17) is 4.74 Å². The van der Waals surface area contributed by atoms with Gasteiger partial charge in [0.1, 0.15) is 5.82 Å². The van der Waals surface area contributed by atoms with Crippen LogP contribution >= 0.6 is 0 Å². The standard InChI is InChI=1S/C18H20N4O2/c1-18(2,10-19-11-23)13-5-6-14-15(8-13)22-17(21-14)12-4-7-16(24-3)20-9-12/h4-9,11H,10H2,1-3H3,(H,19,23)(H,21,22). The van der Waals surface area contributed by atoms with Crippen LogP contribution in [0.5, 0.6) is 5.88 Å². The van der Waals surface area contributed by atoms with E-state index in [-0.39, 0.29) is 5.41 Å². The Kier molecular flexibility index (Phi) is 4.20. The summed E-state index contributed by atoms with van der Waals surface area (Å²) in [6, 6.07) is 9.85. The van der Waals surface area contributed by atoms with Crippen LogP contribution in [0.25, 0.3) is 22.4 Å². The zero-order valence-corrected chi connectivity index (χ0v) is 14.0. The van der Waals surface area contributed by atoms with E-state index in [2.05, 4.69) is 46.2 Å². The maximum Gasteiger partial charge on any atom is 0.212 e. The van der Waals surface area contributed by atoms with E-state index in [0.717, 1.165) is 34.4 Å². The van der Waals surface area contributed by atoms with Gasteiger partial charge in [-0.2, -0.15) is 0 Å². The molecular weight excluding hydrogens is 304 g/mol. The Bertz CT molecular complexity index is 853. The zero-order valence-electron chi connectivity index (χ0n) is 14.0. The number of nitrogens with one attached hydrogen (secondary N) is 2. The second-order valence-electron chi connectivity index (χ2n) is 6.29. The van der Waals surface area contributed by atoms with Gasteiger partial charge in [-0.3, -0.25) is 4.79 Å². The van der Waals surface area contributed by atoms with Gasteiger partial charge in [-0.15, -0.1) is 0 Å². The first-order valence-corrected chi connectivity index (χ1v) is 7.71. The van der Waals surface area contributed by atoms with Crippen molar-refractivity contribution in [1.82, 2.24) is 20.3 Å². The van der Waals surface area contributed by atoms with Crippen molar-refractivity contribution in [2.45, 2.75) is 19.3 Å². The van der Waals surface area contributed by atoms with Crippen molar-refractivity contribution in [3.8, 4) is 17.3 Å². The average molecular weight is 324 g/mol. The molecule has 24 heavy (non-hydrogen) atoms. The summed E-state index contributed by atoms with van der Waals surface area (Å²) in [6.45, 7) is 4.75. The SMILES string of the molecule is COc1ccc(-c2nc3cc(C(C)(C)CNC=O)ccc3[nH]2)cn1. The molecule has 1 aromatic carbocycles. The van der Waals surface area contributed by atoms with Crippen LogP contribution in [0.3, 0.4) is 0 Å². The summed E-state index contributed by atoms with van der Waals surface area (Å²) in [7, 11) is 1.59. The zero-order chi connectivity index (χ0) is 17.2. The van der Waals surface area contributed by atoms with E-state index in [1.807, 2.05) is 18.2 Å². The van der Waals surface area contributed by atoms with Crippen LogP contribution < -0.4 is 10.1 Å². The average Bonchev–Trinajstić information content (AvgIpc) is 3.03. The lowest BCUT2D eigenvalue weighted by atomic mass is 9.84. The molecule has 0 saturated heterocycles. The summed E-state index contributed by atoms with van der Waals surface area (Å²) >= 11 is 0. The molecule has 0 radical (unpaired) electrons. The number of nitrogens with zero attached hydrogens (tertiary/aromatic N) is 2.